The first-order chi connectivity index (χ1) is 9.68. The van der Waals surface area contributed by atoms with E-state index >= 15 is 0 Å². The Hall–Kier alpha value is -0.920. The van der Waals surface area contributed by atoms with Gasteiger partial charge in [0.05, 0.1) is 10.6 Å². The average Bonchev–Trinajstić information content (AvgIpc) is 2.37. The van der Waals surface area contributed by atoms with Crippen LogP contribution in [0.15, 0.2) is 29.2 Å². The molecule has 0 radical (unpaired) electrons. The summed E-state index contributed by atoms with van der Waals surface area (Å²) in [5, 5.41) is 0. The molecule has 21 heavy (non-hydrogen) atoms. The van der Waals surface area contributed by atoms with Crippen molar-refractivity contribution < 1.29 is 16.8 Å². The highest BCUT2D eigenvalue weighted by Crippen LogP contribution is 2.25. The van der Waals surface area contributed by atoms with E-state index < -0.39 is 19.9 Å². The second kappa shape index (κ2) is 6.06. The van der Waals surface area contributed by atoms with Gasteiger partial charge in [0.25, 0.3) is 0 Å². The quantitative estimate of drug-likeness (QED) is 0.837. The Morgan fingerprint density at radius 2 is 1.76 bits per heavy atom. The Morgan fingerprint density at radius 3 is 2.29 bits per heavy atom. The van der Waals surface area contributed by atoms with E-state index in [2.05, 4.69) is 0 Å². The normalized spacial score (nSPS) is 18.8. The number of hydrogen-bond donors (Lipinski definition) is 0. The zero-order valence-corrected chi connectivity index (χ0v) is 14.0. The number of sulfonamides is 1. The molecule has 118 valence electrons. The highest BCUT2D eigenvalue weighted by molar-refractivity contribution is 7.90. The molecule has 1 heterocycles. The van der Waals surface area contributed by atoms with Crippen molar-refractivity contribution in [3.8, 4) is 0 Å². The summed E-state index contributed by atoms with van der Waals surface area (Å²) in [6.45, 7) is 2.63. The summed E-state index contributed by atoms with van der Waals surface area (Å²) in [6, 6.07) is 6.86. The van der Waals surface area contributed by atoms with E-state index in [1.807, 2.05) is 13.0 Å². The largest absolute Gasteiger partial charge is 0.243 e. The van der Waals surface area contributed by atoms with Gasteiger partial charge in [0.1, 0.15) is 9.84 Å². The van der Waals surface area contributed by atoms with Crippen LogP contribution in [0.2, 0.25) is 0 Å². The minimum absolute atomic E-state index is 0.0592. The van der Waals surface area contributed by atoms with E-state index in [0.29, 0.717) is 30.8 Å². The molecular formula is C14H21NO4S2. The number of sulfone groups is 1. The van der Waals surface area contributed by atoms with Crippen LogP contribution in [0.5, 0.6) is 0 Å². The standard InChI is InChI=1S/C14H21NO4S2/c1-12-4-3-5-14(10-12)21(18,19)15-8-6-13(7-9-15)11-20(2,16)17/h3-5,10,13H,6-9,11H2,1-2H3. The predicted molar refractivity (Wildman–Crippen MR) is 82.4 cm³/mol. The first kappa shape index (κ1) is 16.5. The van der Waals surface area contributed by atoms with Gasteiger partial charge in [-0.05, 0) is 43.4 Å². The molecule has 2 rings (SSSR count). The van der Waals surface area contributed by atoms with Crippen LogP contribution >= 0.6 is 0 Å². The fourth-order valence-electron chi connectivity index (χ4n) is 2.67. The molecule has 0 aliphatic carbocycles. The minimum atomic E-state index is -3.47. The van der Waals surface area contributed by atoms with Crippen molar-refractivity contribution in [1.29, 1.82) is 0 Å². The summed E-state index contributed by atoms with van der Waals surface area (Å²) in [7, 11) is -6.47. The molecule has 0 bridgehead atoms. The minimum Gasteiger partial charge on any atom is -0.229 e. The first-order valence-electron chi connectivity index (χ1n) is 6.93. The van der Waals surface area contributed by atoms with Crippen molar-refractivity contribution in [2.45, 2.75) is 24.7 Å². The van der Waals surface area contributed by atoms with Crippen molar-refractivity contribution in [2.75, 3.05) is 25.1 Å². The zero-order chi connectivity index (χ0) is 15.7. The molecule has 1 fully saturated rings. The van der Waals surface area contributed by atoms with Gasteiger partial charge in [0.15, 0.2) is 0 Å². The van der Waals surface area contributed by atoms with Crippen molar-refractivity contribution in [2.24, 2.45) is 5.92 Å². The van der Waals surface area contributed by atoms with Crippen molar-refractivity contribution >= 4 is 19.9 Å². The number of hydrogen-bond acceptors (Lipinski definition) is 4. The number of aryl methyl sites for hydroxylation is 1. The molecule has 1 aliphatic heterocycles. The second-order valence-electron chi connectivity index (χ2n) is 5.76. The Bertz CT molecular complexity index is 702. The topological polar surface area (TPSA) is 71.5 Å². The lowest BCUT2D eigenvalue weighted by atomic mass is 10.0. The Morgan fingerprint density at radius 1 is 1.14 bits per heavy atom. The average molecular weight is 331 g/mol. The zero-order valence-electron chi connectivity index (χ0n) is 12.3. The molecule has 0 spiro atoms. The number of rotatable bonds is 4. The summed E-state index contributed by atoms with van der Waals surface area (Å²) in [4.78, 5) is 0.309. The molecule has 1 aromatic rings. The van der Waals surface area contributed by atoms with Crippen molar-refractivity contribution in [1.82, 2.24) is 4.31 Å². The van der Waals surface area contributed by atoms with Crippen LogP contribution in [0.1, 0.15) is 18.4 Å². The lowest BCUT2D eigenvalue weighted by molar-refractivity contribution is 0.289. The summed E-state index contributed by atoms with van der Waals surface area (Å²) in [5.41, 5.74) is 0.906. The van der Waals surface area contributed by atoms with E-state index in [1.54, 1.807) is 18.2 Å². The number of nitrogens with zero attached hydrogens (tertiary/aromatic N) is 1. The Balaban J connectivity index is 2.08. The molecule has 0 saturated carbocycles. The summed E-state index contributed by atoms with van der Waals surface area (Å²) >= 11 is 0. The van der Waals surface area contributed by atoms with Crippen molar-refractivity contribution in [3.05, 3.63) is 29.8 Å². The molecule has 5 nitrogen and oxygen atoms in total. The maximum absolute atomic E-state index is 12.5. The summed E-state index contributed by atoms with van der Waals surface area (Å²) in [5.74, 6) is 0.203. The molecular weight excluding hydrogens is 310 g/mol. The molecule has 0 amide bonds. The molecule has 1 saturated heterocycles. The third-order valence-electron chi connectivity index (χ3n) is 3.74. The maximum Gasteiger partial charge on any atom is 0.243 e. The van der Waals surface area contributed by atoms with Gasteiger partial charge in [-0.2, -0.15) is 4.31 Å². The molecule has 0 unspecified atom stereocenters. The maximum atomic E-state index is 12.5. The van der Waals surface area contributed by atoms with Gasteiger partial charge in [-0.15, -0.1) is 0 Å². The first-order valence-corrected chi connectivity index (χ1v) is 10.4. The highest BCUT2D eigenvalue weighted by Gasteiger charge is 2.30. The molecule has 0 N–H and O–H groups in total. The lowest BCUT2D eigenvalue weighted by Crippen LogP contribution is -2.39. The fourth-order valence-corrected chi connectivity index (χ4v) is 5.43. The van der Waals surface area contributed by atoms with Gasteiger partial charge in [-0.25, -0.2) is 16.8 Å². The van der Waals surface area contributed by atoms with Crippen LogP contribution in [-0.4, -0.2) is 46.2 Å². The van der Waals surface area contributed by atoms with Crippen LogP contribution in [-0.2, 0) is 19.9 Å². The van der Waals surface area contributed by atoms with Crippen molar-refractivity contribution in [3.63, 3.8) is 0 Å². The highest BCUT2D eigenvalue weighted by atomic mass is 32.2. The molecule has 7 heteroatoms. The van der Waals surface area contributed by atoms with Gasteiger partial charge in [0, 0.05) is 19.3 Å². The molecule has 0 atom stereocenters. The SMILES string of the molecule is Cc1cccc(S(=O)(=O)N2CCC(CS(C)(=O)=O)CC2)c1. The van der Waals surface area contributed by atoms with Gasteiger partial charge < -0.3 is 0 Å². The van der Waals surface area contributed by atoms with E-state index in [9.17, 15) is 16.8 Å². The van der Waals surface area contributed by atoms with E-state index in [0.717, 1.165) is 5.56 Å². The van der Waals surface area contributed by atoms with Crippen LogP contribution in [0.25, 0.3) is 0 Å². The summed E-state index contributed by atoms with van der Waals surface area (Å²) in [6.07, 6.45) is 2.42. The Kier molecular flexibility index (Phi) is 4.75. The third-order valence-corrected chi connectivity index (χ3v) is 6.71. The van der Waals surface area contributed by atoms with Gasteiger partial charge in [-0.3, -0.25) is 0 Å². The molecule has 1 aromatic carbocycles. The van der Waals surface area contributed by atoms with Crippen LogP contribution < -0.4 is 0 Å². The Labute approximate surface area is 126 Å². The van der Waals surface area contributed by atoms with Crippen LogP contribution in [0, 0.1) is 12.8 Å². The van der Waals surface area contributed by atoms with Gasteiger partial charge in [0.2, 0.25) is 10.0 Å². The van der Waals surface area contributed by atoms with E-state index in [4.69, 9.17) is 0 Å². The van der Waals surface area contributed by atoms with Gasteiger partial charge >= 0.3 is 0 Å². The second-order valence-corrected chi connectivity index (χ2v) is 9.88. The fraction of sp³-hybridized carbons (Fsp3) is 0.571. The third kappa shape index (κ3) is 4.28. The van der Waals surface area contributed by atoms with Gasteiger partial charge in [-0.1, -0.05) is 12.1 Å². The predicted octanol–water partition coefficient (Wildman–Crippen LogP) is 1.44. The molecule has 0 aromatic heterocycles. The monoisotopic (exact) mass is 331 g/mol. The smallest absolute Gasteiger partial charge is 0.229 e. The lowest BCUT2D eigenvalue weighted by Gasteiger charge is -2.30. The number of benzene rings is 1. The number of piperidine rings is 1. The van der Waals surface area contributed by atoms with Crippen LogP contribution in [0.4, 0.5) is 0 Å². The van der Waals surface area contributed by atoms with E-state index in [1.165, 1.54) is 10.6 Å². The summed E-state index contributed by atoms with van der Waals surface area (Å²) < 4.78 is 49.1. The van der Waals surface area contributed by atoms with Crippen LogP contribution in [0.3, 0.4) is 0 Å². The molecule has 1 aliphatic rings. The van der Waals surface area contributed by atoms with E-state index in [-0.39, 0.29) is 11.7 Å².